The summed E-state index contributed by atoms with van der Waals surface area (Å²) in [4.78, 5) is 2.39. The molecule has 1 aliphatic rings. The molecule has 2 N–H and O–H groups in total. The van der Waals surface area contributed by atoms with Crippen LogP contribution in [0.15, 0.2) is 0 Å². The van der Waals surface area contributed by atoms with Gasteiger partial charge in [0, 0.05) is 19.7 Å². The zero-order chi connectivity index (χ0) is 15.6. The number of rotatable bonds is 11. The quantitative estimate of drug-likeness (QED) is 0.575. The van der Waals surface area contributed by atoms with E-state index in [1.807, 2.05) is 0 Å². The van der Waals surface area contributed by atoms with Crippen LogP contribution in [0.2, 0.25) is 0 Å². The highest BCUT2D eigenvalue weighted by Gasteiger charge is 2.28. The second kappa shape index (κ2) is 10.5. The maximum atomic E-state index is 9.91. The van der Waals surface area contributed by atoms with Gasteiger partial charge in [0.05, 0.1) is 12.7 Å². The molecule has 4 nitrogen and oxygen atoms in total. The van der Waals surface area contributed by atoms with E-state index in [1.165, 1.54) is 45.2 Å². The van der Waals surface area contributed by atoms with Gasteiger partial charge in [-0.3, -0.25) is 0 Å². The van der Waals surface area contributed by atoms with Gasteiger partial charge in [0.2, 0.25) is 0 Å². The molecular weight excluding hydrogens is 264 g/mol. The molecule has 1 saturated heterocycles. The lowest BCUT2D eigenvalue weighted by molar-refractivity contribution is 0.0329. The smallest absolute Gasteiger partial charge is 0.0897 e. The van der Waals surface area contributed by atoms with E-state index < -0.39 is 0 Å². The normalized spacial score (nSPS) is 20.6. The summed E-state index contributed by atoms with van der Waals surface area (Å²) in [5, 5.41) is 13.3. The average Bonchev–Trinajstić information content (AvgIpc) is 2.46. The number of nitrogens with zero attached hydrogens (tertiary/aromatic N) is 1. The number of aliphatic hydroxyl groups excluding tert-OH is 1. The van der Waals surface area contributed by atoms with E-state index in [-0.39, 0.29) is 6.10 Å². The predicted molar refractivity (Wildman–Crippen MR) is 88.7 cm³/mol. The Morgan fingerprint density at radius 1 is 1.24 bits per heavy atom. The fourth-order valence-corrected chi connectivity index (χ4v) is 2.78. The summed E-state index contributed by atoms with van der Waals surface area (Å²) in [6, 6.07) is 0. The number of aliphatic hydroxyl groups is 1. The van der Waals surface area contributed by atoms with Crippen LogP contribution in [0.5, 0.6) is 0 Å². The van der Waals surface area contributed by atoms with Gasteiger partial charge in [-0.25, -0.2) is 0 Å². The van der Waals surface area contributed by atoms with Crippen molar-refractivity contribution >= 4 is 0 Å². The molecule has 0 spiro atoms. The minimum atomic E-state index is -0.383. The number of unbranched alkanes of at least 4 members (excludes halogenated alkanes) is 3. The van der Waals surface area contributed by atoms with E-state index in [1.54, 1.807) is 0 Å². The Morgan fingerprint density at radius 2 is 1.95 bits per heavy atom. The van der Waals surface area contributed by atoms with Crippen LogP contribution in [0, 0.1) is 5.41 Å². The monoisotopic (exact) mass is 300 g/mol. The summed E-state index contributed by atoms with van der Waals surface area (Å²) in [5.74, 6) is 0. The zero-order valence-corrected chi connectivity index (χ0v) is 14.4. The van der Waals surface area contributed by atoms with Gasteiger partial charge in [0.1, 0.15) is 0 Å². The number of ether oxygens (including phenoxy) is 1. The summed E-state index contributed by atoms with van der Waals surface area (Å²) < 4.78 is 5.53. The molecule has 126 valence electrons. The van der Waals surface area contributed by atoms with Crippen molar-refractivity contribution in [3.63, 3.8) is 0 Å². The predicted octanol–water partition coefficient (Wildman–Crippen LogP) is 2.27. The molecule has 1 heterocycles. The van der Waals surface area contributed by atoms with E-state index in [9.17, 15) is 5.11 Å². The van der Waals surface area contributed by atoms with Crippen LogP contribution < -0.4 is 5.32 Å². The molecule has 0 radical (unpaired) electrons. The SMILES string of the molecule is CCCCCCOCC(O)CNCC1(C)CCN(C)CC1. The Labute approximate surface area is 131 Å². The van der Waals surface area contributed by atoms with Crippen molar-refractivity contribution in [1.29, 1.82) is 0 Å². The molecule has 0 bridgehead atoms. The number of hydrogen-bond donors (Lipinski definition) is 2. The second-order valence-corrected chi connectivity index (χ2v) is 7.03. The Kier molecular flexibility index (Phi) is 9.49. The molecule has 21 heavy (non-hydrogen) atoms. The van der Waals surface area contributed by atoms with Crippen molar-refractivity contribution in [3.8, 4) is 0 Å². The van der Waals surface area contributed by atoms with Gasteiger partial charge in [0.15, 0.2) is 0 Å². The van der Waals surface area contributed by atoms with Crippen molar-refractivity contribution in [2.24, 2.45) is 5.41 Å². The summed E-state index contributed by atoms with van der Waals surface area (Å²) in [7, 11) is 2.19. The minimum absolute atomic E-state index is 0.382. The maximum absolute atomic E-state index is 9.91. The first-order valence-corrected chi connectivity index (χ1v) is 8.71. The molecule has 0 aromatic carbocycles. The van der Waals surface area contributed by atoms with Crippen LogP contribution in [-0.2, 0) is 4.74 Å². The van der Waals surface area contributed by atoms with E-state index in [4.69, 9.17) is 4.74 Å². The second-order valence-electron chi connectivity index (χ2n) is 7.03. The third-order valence-corrected chi connectivity index (χ3v) is 4.58. The highest BCUT2D eigenvalue weighted by Crippen LogP contribution is 2.29. The lowest BCUT2D eigenvalue weighted by Gasteiger charge is -2.38. The molecule has 1 aliphatic heterocycles. The Hall–Kier alpha value is -0.160. The molecule has 1 unspecified atom stereocenters. The topological polar surface area (TPSA) is 44.7 Å². The maximum Gasteiger partial charge on any atom is 0.0897 e. The van der Waals surface area contributed by atoms with Gasteiger partial charge in [-0.2, -0.15) is 0 Å². The lowest BCUT2D eigenvalue weighted by atomic mass is 9.80. The summed E-state index contributed by atoms with van der Waals surface area (Å²) in [6.07, 6.45) is 6.96. The van der Waals surface area contributed by atoms with Gasteiger partial charge >= 0.3 is 0 Å². The van der Waals surface area contributed by atoms with Crippen molar-refractivity contribution < 1.29 is 9.84 Å². The molecular formula is C17H36N2O2. The third-order valence-electron chi connectivity index (χ3n) is 4.58. The molecule has 1 atom stereocenters. The molecule has 0 amide bonds. The van der Waals surface area contributed by atoms with E-state index in [0.717, 1.165) is 19.6 Å². The van der Waals surface area contributed by atoms with Gasteiger partial charge in [-0.1, -0.05) is 33.1 Å². The number of likely N-dealkylation sites (tertiary alicyclic amines) is 1. The summed E-state index contributed by atoms with van der Waals surface area (Å²) in [5.41, 5.74) is 0.382. The highest BCUT2D eigenvalue weighted by atomic mass is 16.5. The van der Waals surface area contributed by atoms with Crippen LogP contribution in [0.3, 0.4) is 0 Å². The summed E-state index contributed by atoms with van der Waals surface area (Å²) in [6.45, 7) is 9.79. The fourth-order valence-electron chi connectivity index (χ4n) is 2.78. The van der Waals surface area contributed by atoms with Gasteiger partial charge in [0.25, 0.3) is 0 Å². The number of piperidine rings is 1. The Balaban J connectivity index is 1.99. The van der Waals surface area contributed by atoms with Gasteiger partial charge < -0.3 is 20.1 Å². The molecule has 1 rings (SSSR count). The molecule has 0 aliphatic carbocycles. The fraction of sp³-hybridized carbons (Fsp3) is 1.00. The van der Waals surface area contributed by atoms with Crippen LogP contribution in [0.4, 0.5) is 0 Å². The van der Waals surface area contributed by atoms with Crippen LogP contribution in [0.1, 0.15) is 52.4 Å². The highest BCUT2D eigenvalue weighted by molar-refractivity contribution is 4.83. The average molecular weight is 300 g/mol. The molecule has 1 fully saturated rings. The standard InChI is InChI=1S/C17H36N2O2/c1-4-5-6-7-12-21-14-16(20)13-18-15-17(2)8-10-19(3)11-9-17/h16,18,20H,4-15H2,1-3H3. The van der Waals surface area contributed by atoms with E-state index in [0.29, 0.717) is 18.6 Å². The lowest BCUT2D eigenvalue weighted by Crippen LogP contribution is -2.44. The number of nitrogens with one attached hydrogen (secondary N) is 1. The first-order chi connectivity index (χ1) is 10.1. The van der Waals surface area contributed by atoms with Crippen molar-refractivity contribution in [2.75, 3.05) is 46.4 Å². The molecule has 4 heteroatoms. The Morgan fingerprint density at radius 3 is 2.62 bits per heavy atom. The first-order valence-electron chi connectivity index (χ1n) is 8.71. The zero-order valence-electron chi connectivity index (χ0n) is 14.4. The van der Waals surface area contributed by atoms with Gasteiger partial charge in [-0.15, -0.1) is 0 Å². The minimum Gasteiger partial charge on any atom is -0.389 e. The largest absolute Gasteiger partial charge is 0.389 e. The van der Waals surface area contributed by atoms with Crippen LogP contribution in [0.25, 0.3) is 0 Å². The van der Waals surface area contributed by atoms with Crippen molar-refractivity contribution in [2.45, 2.75) is 58.5 Å². The third kappa shape index (κ3) is 8.77. The first kappa shape index (κ1) is 18.9. The van der Waals surface area contributed by atoms with E-state index >= 15 is 0 Å². The van der Waals surface area contributed by atoms with Crippen LogP contribution >= 0.6 is 0 Å². The van der Waals surface area contributed by atoms with Gasteiger partial charge in [-0.05, 0) is 44.8 Å². The molecule has 0 aromatic rings. The van der Waals surface area contributed by atoms with Crippen molar-refractivity contribution in [3.05, 3.63) is 0 Å². The molecule has 0 aromatic heterocycles. The Bertz CT molecular complexity index is 253. The van der Waals surface area contributed by atoms with E-state index in [2.05, 4.69) is 31.1 Å². The van der Waals surface area contributed by atoms with Crippen LogP contribution in [-0.4, -0.2) is 62.6 Å². The molecule has 0 saturated carbocycles. The number of hydrogen-bond acceptors (Lipinski definition) is 4. The summed E-state index contributed by atoms with van der Waals surface area (Å²) >= 11 is 0. The van der Waals surface area contributed by atoms with Crippen molar-refractivity contribution in [1.82, 2.24) is 10.2 Å².